The van der Waals surface area contributed by atoms with Gasteiger partial charge in [0.2, 0.25) is 5.89 Å². The molecule has 3 rings (SSSR count). The van der Waals surface area contributed by atoms with Gasteiger partial charge in [0.25, 0.3) is 5.91 Å². The number of pyridine rings is 1. The summed E-state index contributed by atoms with van der Waals surface area (Å²) in [6, 6.07) is 2.11. The number of carbonyl (C=O) groups is 1. The van der Waals surface area contributed by atoms with E-state index in [1.54, 1.807) is 13.8 Å². The van der Waals surface area contributed by atoms with E-state index in [0.717, 1.165) is 12.3 Å². The summed E-state index contributed by atoms with van der Waals surface area (Å²) in [7, 11) is 0. The first kappa shape index (κ1) is 18.5. The molecule has 11 heteroatoms. The molecule has 0 radical (unpaired) electrons. The van der Waals surface area contributed by atoms with Crippen LogP contribution in [0.3, 0.4) is 0 Å². The van der Waals surface area contributed by atoms with Gasteiger partial charge in [-0.05, 0) is 26.0 Å². The van der Waals surface area contributed by atoms with Crippen LogP contribution >= 0.6 is 0 Å². The lowest BCUT2D eigenvalue weighted by Gasteiger charge is -2.08. The van der Waals surface area contributed by atoms with E-state index in [9.17, 15) is 18.0 Å². The molecule has 0 aliphatic heterocycles. The van der Waals surface area contributed by atoms with E-state index in [1.807, 2.05) is 0 Å². The summed E-state index contributed by atoms with van der Waals surface area (Å²) in [6.45, 7) is 3.60. The summed E-state index contributed by atoms with van der Waals surface area (Å²) >= 11 is 0. The van der Waals surface area contributed by atoms with Crippen molar-refractivity contribution in [1.82, 2.24) is 30.2 Å². The number of carbonyl (C=O) groups excluding carboxylic acids is 1. The molecule has 0 aromatic carbocycles. The van der Waals surface area contributed by atoms with Gasteiger partial charge < -0.3 is 9.84 Å². The Hall–Kier alpha value is -3.24. The van der Waals surface area contributed by atoms with Gasteiger partial charge in [0, 0.05) is 19.2 Å². The second kappa shape index (κ2) is 7.17. The lowest BCUT2D eigenvalue weighted by Crippen LogP contribution is -2.26. The Morgan fingerprint density at radius 3 is 2.63 bits per heavy atom. The zero-order chi connectivity index (χ0) is 19.6. The van der Waals surface area contributed by atoms with Gasteiger partial charge in [-0.15, -0.1) is 0 Å². The Morgan fingerprint density at radius 1 is 1.26 bits per heavy atom. The Balaban J connectivity index is 1.68. The van der Waals surface area contributed by atoms with E-state index in [4.69, 9.17) is 4.52 Å². The van der Waals surface area contributed by atoms with Gasteiger partial charge in [-0.1, -0.05) is 5.16 Å². The fourth-order valence-electron chi connectivity index (χ4n) is 2.36. The number of alkyl halides is 3. The van der Waals surface area contributed by atoms with E-state index in [2.05, 4.69) is 25.5 Å². The molecule has 0 spiro atoms. The molecule has 0 unspecified atom stereocenters. The lowest BCUT2D eigenvalue weighted by atomic mass is 10.2. The first-order valence-corrected chi connectivity index (χ1v) is 7.91. The zero-order valence-electron chi connectivity index (χ0n) is 14.4. The van der Waals surface area contributed by atoms with Crippen molar-refractivity contribution in [2.24, 2.45) is 0 Å². The van der Waals surface area contributed by atoms with E-state index in [0.29, 0.717) is 29.4 Å². The van der Waals surface area contributed by atoms with Crippen LogP contribution in [0.15, 0.2) is 29.0 Å². The van der Waals surface area contributed by atoms with Crippen molar-refractivity contribution in [2.45, 2.75) is 26.4 Å². The maximum absolute atomic E-state index is 12.6. The number of halogens is 3. The molecule has 1 N–H and O–H groups in total. The van der Waals surface area contributed by atoms with Crippen molar-refractivity contribution in [2.75, 3.05) is 6.54 Å². The van der Waals surface area contributed by atoms with Crippen molar-refractivity contribution in [3.8, 4) is 5.82 Å². The Labute approximate surface area is 151 Å². The number of hydrogen-bond acceptors (Lipinski definition) is 6. The molecule has 3 aromatic heterocycles. The van der Waals surface area contributed by atoms with Crippen LogP contribution in [0, 0.1) is 13.8 Å². The van der Waals surface area contributed by atoms with Crippen LogP contribution in [0.25, 0.3) is 5.82 Å². The average molecular weight is 380 g/mol. The lowest BCUT2D eigenvalue weighted by molar-refractivity contribution is -0.137. The van der Waals surface area contributed by atoms with Crippen LogP contribution in [-0.2, 0) is 12.6 Å². The first-order valence-electron chi connectivity index (χ1n) is 7.91. The van der Waals surface area contributed by atoms with E-state index < -0.39 is 11.7 Å². The standard InChI is InChI=1S/C16H15F3N6O2/c1-9-12(15(26)20-6-5-14-23-10(2)24-27-14)8-22-25(9)13-4-3-11(7-21-13)16(17,18)19/h3-4,7-8H,5-6H2,1-2H3,(H,20,26). The minimum atomic E-state index is -4.47. The maximum Gasteiger partial charge on any atom is 0.417 e. The molecule has 27 heavy (non-hydrogen) atoms. The minimum Gasteiger partial charge on any atom is -0.351 e. The van der Waals surface area contributed by atoms with Crippen LogP contribution in [-0.4, -0.2) is 37.4 Å². The van der Waals surface area contributed by atoms with Crippen molar-refractivity contribution < 1.29 is 22.5 Å². The molecule has 8 nitrogen and oxygen atoms in total. The summed E-state index contributed by atoms with van der Waals surface area (Å²) in [5.41, 5.74) is -0.114. The molecule has 0 fully saturated rings. The maximum atomic E-state index is 12.6. The smallest absolute Gasteiger partial charge is 0.351 e. The highest BCUT2D eigenvalue weighted by atomic mass is 19.4. The average Bonchev–Trinajstić information content (AvgIpc) is 3.20. The largest absolute Gasteiger partial charge is 0.417 e. The van der Waals surface area contributed by atoms with Gasteiger partial charge in [-0.2, -0.15) is 23.3 Å². The van der Waals surface area contributed by atoms with Gasteiger partial charge in [0.15, 0.2) is 11.6 Å². The predicted molar refractivity (Wildman–Crippen MR) is 86.2 cm³/mol. The molecule has 0 atom stereocenters. The van der Waals surface area contributed by atoms with Gasteiger partial charge >= 0.3 is 6.18 Å². The van der Waals surface area contributed by atoms with Gasteiger partial charge in [-0.3, -0.25) is 4.79 Å². The zero-order valence-corrected chi connectivity index (χ0v) is 14.4. The molecule has 142 valence electrons. The predicted octanol–water partition coefficient (Wildman–Crippen LogP) is 2.26. The normalized spacial score (nSPS) is 11.6. The Bertz CT molecular complexity index is 946. The second-order valence-electron chi connectivity index (χ2n) is 5.70. The Morgan fingerprint density at radius 2 is 2.04 bits per heavy atom. The van der Waals surface area contributed by atoms with Crippen molar-refractivity contribution in [3.63, 3.8) is 0 Å². The van der Waals surface area contributed by atoms with Crippen LogP contribution in [0.2, 0.25) is 0 Å². The van der Waals surface area contributed by atoms with Crippen molar-refractivity contribution in [3.05, 3.63) is 53.1 Å². The third-order valence-corrected chi connectivity index (χ3v) is 3.74. The molecule has 3 aromatic rings. The molecule has 1 amide bonds. The van der Waals surface area contributed by atoms with Gasteiger partial charge in [-0.25, -0.2) is 9.67 Å². The number of nitrogens with one attached hydrogen (secondary N) is 1. The molecule has 0 aliphatic carbocycles. The quantitative estimate of drug-likeness (QED) is 0.729. The summed E-state index contributed by atoms with van der Waals surface area (Å²) in [6.07, 6.45) is -2.03. The number of hydrogen-bond donors (Lipinski definition) is 1. The molecule has 0 bridgehead atoms. The van der Waals surface area contributed by atoms with Crippen LogP contribution in [0.5, 0.6) is 0 Å². The van der Waals surface area contributed by atoms with Crippen LogP contribution < -0.4 is 5.32 Å². The fourth-order valence-corrected chi connectivity index (χ4v) is 2.36. The number of aryl methyl sites for hydroxylation is 1. The molecule has 0 aliphatic rings. The van der Waals surface area contributed by atoms with Crippen LogP contribution in [0.1, 0.15) is 33.3 Å². The molecular weight excluding hydrogens is 365 g/mol. The highest BCUT2D eigenvalue weighted by Gasteiger charge is 2.30. The van der Waals surface area contributed by atoms with E-state index in [1.165, 1.54) is 16.9 Å². The SMILES string of the molecule is Cc1noc(CCNC(=O)c2cnn(-c3ccc(C(F)(F)F)cn3)c2C)n1. The summed E-state index contributed by atoms with van der Waals surface area (Å²) in [4.78, 5) is 20.1. The second-order valence-corrected chi connectivity index (χ2v) is 5.70. The summed E-state index contributed by atoms with van der Waals surface area (Å²) in [5, 5.41) is 10.4. The first-order chi connectivity index (χ1) is 12.8. The highest BCUT2D eigenvalue weighted by Crippen LogP contribution is 2.28. The third-order valence-electron chi connectivity index (χ3n) is 3.74. The number of rotatable bonds is 5. The van der Waals surface area contributed by atoms with Crippen LogP contribution in [0.4, 0.5) is 13.2 Å². The topological polar surface area (TPSA) is 98.7 Å². The third kappa shape index (κ3) is 4.13. The molecule has 0 saturated heterocycles. The van der Waals surface area contributed by atoms with Crippen molar-refractivity contribution >= 4 is 5.91 Å². The fraction of sp³-hybridized carbons (Fsp3) is 0.312. The molecule has 3 heterocycles. The molecular formula is C16H15F3N6O2. The molecule has 0 saturated carbocycles. The van der Waals surface area contributed by atoms with Gasteiger partial charge in [0.05, 0.1) is 23.0 Å². The Kier molecular flexibility index (Phi) is 4.93. The van der Waals surface area contributed by atoms with Gasteiger partial charge in [0.1, 0.15) is 0 Å². The summed E-state index contributed by atoms with van der Waals surface area (Å²) in [5.74, 6) is 0.731. The monoisotopic (exact) mass is 380 g/mol. The minimum absolute atomic E-state index is 0.181. The number of amides is 1. The highest BCUT2D eigenvalue weighted by molar-refractivity contribution is 5.95. The van der Waals surface area contributed by atoms with Crippen molar-refractivity contribution in [1.29, 1.82) is 0 Å². The summed E-state index contributed by atoms with van der Waals surface area (Å²) < 4.78 is 44.1. The number of nitrogens with zero attached hydrogens (tertiary/aromatic N) is 5. The number of aromatic nitrogens is 5. The van der Waals surface area contributed by atoms with E-state index in [-0.39, 0.29) is 18.3 Å². The van der Waals surface area contributed by atoms with E-state index >= 15 is 0 Å².